The summed E-state index contributed by atoms with van der Waals surface area (Å²) in [7, 11) is -3.81. The largest absolute Gasteiger partial charge is 0.393 e. The van der Waals surface area contributed by atoms with Gasteiger partial charge >= 0.3 is 0 Å². The standard InChI is InChI=1S/C17H26O4S/c1-12(2)15-9-10-17(4,11-16(15)18)21-22(19,20)14-7-5-13(3)6-8-14/h5-8,12,15-16,18H,9-11H2,1-4H3/t15-,16+,17+/m0/s1. The van der Waals surface area contributed by atoms with Crippen molar-refractivity contribution in [3.8, 4) is 0 Å². The van der Waals surface area contributed by atoms with Crippen LogP contribution in [0.3, 0.4) is 0 Å². The molecule has 22 heavy (non-hydrogen) atoms. The molecule has 1 saturated carbocycles. The Morgan fingerprint density at radius 1 is 1.27 bits per heavy atom. The van der Waals surface area contributed by atoms with Crippen molar-refractivity contribution in [2.24, 2.45) is 11.8 Å². The molecule has 0 saturated heterocycles. The summed E-state index contributed by atoms with van der Waals surface area (Å²) in [5.41, 5.74) is 0.159. The molecule has 2 rings (SSSR count). The van der Waals surface area contributed by atoms with Crippen LogP contribution in [0.4, 0.5) is 0 Å². The van der Waals surface area contributed by atoms with Gasteiger partial charge in [0.05, 0.1) is 16.6 Å². The Morgan fingerprint density at radius 3 is 2.36 bits per heavy atom. The van der Waals surface area contributed by atoms with Crippen LogP contribution in [0.25, 0.3) is 0 Å². The van der Waals surface area contributed by atoms with Gasteiger partial charge in [-0.2, -0.15) is 8.42 Å². The van der Waals surface area contributed by atoms with E-state index in [0.29, 0.717) is 18.8 Å². The van der Waals surface area contributed by atoms with Crippen molar-refractivity contribution < 1.29 is 17.7 Å². The molecule has 0 unspecified atom stereocenters. The van der Waals surface area contributed by atoms with Crippen LogP contribution < -0.4 is 0 Å². The summed E-state index contributed by atoms with van der Waals surface area (Å²) in [4.78, 5) is 0.166. The molecule has 5 heteroatoms. The highest BCUT2D eigenvalue weighted by atomic mass is 32.2. The summed E-state index contributed by atoms with van der Waals surface area (Å²) >= 11 is 0. The fourth-order valence-electron chi connectivity index (χ4n) is 3.23. The molecule has 1 N–H and O–H groups in total. The van der Waals surface area contributed by atoms with Gasteiger partial charge in [-0.05, 0) is 50.7 Å². The molecular formula is C17H26O4S. The Labute approximate surface area is 133 Å². The molecule has 1 aromatic carbocycles. The van der Waals surface area contributed by atoms with Crippen molar-refractivity contribution in [2.45, 2.75) is 63.6 Å². The van der Waals surface area contributed by atoms with Crippen molar-refractivity contribution in [2.75, 3.05) is 0 Å². The highest BCUT2D eigenvalue weighted by Gasteiger charge is 2.42. The molecule has 0 bridgehead atoms. The van der Waals surface area contributed by atoms with Crippen LogP contribution in [-0.2, 0) is 14.3 Å². The maximum absolute atomic E-state index is 12.4. The van der Waals surface area contributed by atoms with Crippen LogP contribution in [0.15, 0.2) is 29.2 Å². The van der Waals surface area contributed by atoms with Gasteiger partial charge in [-0.15, -0.1) is 0 Å². The summed E-state index contributed by atoms with van der Waals surface area (Å²) in [5.74, 6) is 0.590. The van der Waals surface area contributed by atoms with Gasteiger partial charge in [-0.3, -0.25) is 4.18 Å². The second kappa shape index (κ2) is 6.30. The molecule has 1 aromatic rings. The first-order valence-corrected chi connectivity index (χ1v) is 9.24. The van der Waals surface area contributed by atoms with E-state index >= 15 is 0 Å². The van der Waals surface area contributed by atoms with Gasteiger partial charge in [-0.1, -0.05) is 31.5 Å². The first kappa shape index (κ1) is 17.4. The van der Waals surface area contributed by atoms with Gasteiger partial charge in [-0.25, -0.2) is 0 Å². The Kier molecular flexibility index (Phi) is 5.00. The van der Waals surface area contributed by atoms with Crippen molar-refractivity contribution in [3.05, 3.63) is 29.8 Å². The smallest absolute Gasteiger partial charge is 0.297 e. The molecule has 0 spiro atoms. The molecular weight excluding hydrogens is 300 g/mol. The van der Waals surface area contributed by atoms with E-state index in [9.17, 15) is 13.5 Å². The average molecular weight is 326 g/mol. The predicted octanol–water partition coefficient (Wildman–Crippen LogP) is 3.28. The van der Waals surface area contributed by atoms with E-state index in [-0.39, 0.29) is 10.8 Å². The van der Waals surface area contributed by atoms with Crippen molar-refractivity contribution in [3.63, 3.8) is 0 Å². The summed E-state index contributed by atoms with van der Waals surface area (Å²) in [6, 6.07) is 6.63. The van der Waals surface area contributed by atoms with E-state index < -0.39 is 21.8 Å². The van der Waals surface area contributed by atoms with Crippen molar-refractivity contribution >= 4 is 10.1 Å². The third-order valence-electron chi connectivity index (χ3n) is 4.62. The van der Waals surface area contributed by atoms with E-state index in [1.54, 1.807) is 31.2 Å². The lowest BCUT2D eigenvalue weighted by Crippen LogP contribution is -2.44. The van der Waals surface area contributed by atoms with Gasteiger partial charge in [0.2, 0.25) is 0 Å². The summed E-state index contributed by atoms with van der Waals surface area (Å²) < 4.78 is 30.4. The number of hydrogen-bond donors (Lipinski definition) is 1. The van der Waals surface area contributed by atoms with E-state index in [1.807, 2.05) is 6.92 Å². The molecule has 124 valence electrons. The normalized spacial score (nSPS) is 29.7. The number of aliphatic hydroxyl groups excluding tert-OH is 1. The summed E-state index contributed by atoms with van der Waals surface area (Å²) in [5, 5.41) is 10.3. The maximum atomic E-state index is 12.4. The zero-order valence-corrected chi connectivity index (χ0v) is 14.6. The molecule has 1 fully saturated rings. The van der Waals surface area contributed by atoms with Crippen molar-refractivity contribution in [1.29, 1.82) is 0 Å². The van der Waals surface area contributed by atoms with Crippen LogP contribution in [0.5, 0.6) is 0 Å². The monoisotopic (exact) mass is 326 g/mol. The molecule has 0 heterocycles. The summed E-state index contributed by atoms with van der Waals surface area (Å²) in [6.07, 6.45) is 1.24. The van der Waals surface area contributed by atoms with E-state index in [1.165, 1.54) is 0 Å². The van der Waals surface area contributed by atoms with Crippen LogP contribution in [0.1, 0.15) is 45.6 Å². The fraction of sp³-hybridized carbons (Fsp3) is 0.647. The topological polar surface area (TPSA) is 63.6 Å². The third kappa shape index (κ3) is 3.89. The van der Waals surface area contributed by atoms with Crippen LogP contribution in [0.2, 0.25) is 0 Å². The highest BCUT2D eigenvalue weighted by Crippen LogP contribution is 2.39. The number of benzene rings is 1. The maximum Gasteiger partial charge on any atom is 0.297 e. The van der Waals surface area contributed by atoms with E-state index in [0.717, 1.165) is 12.0 Å². The minimum Gasteiger partial charge on any atom is -0.393 e. The lowest BCUT2D eigenvalue weighted by atomic mass is 9.73. The average Bonchev–Trinajstić information content (AvgIpc) is 2.37. The van der Waals surface area contributed by atoms with Gasteiger partial charge in [0.1, 0.15) is 0 Å². The Balaban J connectivity index is 2.14. The zero-order chi connectivity index (χ0) is 16.5. The van der Waals surface area contributed by atoms with Crippen LogP contribution >= 0.6 is 0 Å². The number of rotatable bonds is 4. The predicted molar refractivity (Wildman–Crippen MR) is 86.0 cm³/mol. The lowest BCUT2D eigenvalue weighted by molar-refractivity contribution is -0.0511. The molecule has 1 aliphatic rings. The Bertz CT molecular complexity index is 606. The van der Waals surface area contributed by atoms with E-state index in [2.05, 4.69) is 13.8 Å². The Morgan fingerprint density at radius 2 is 1.86 bits per heavy atom. The quantitative estimate of drug-likeness (QED) is 0.863. The SMILES string of the molecule is Cc1ccc(S(=O)(=O)O[C@]2(C)CC[C@@H](C(C)C)[C@H](O)C2)cc1. The summed E-state index contributed by atoms with van der Waals surface area (Å²) in [6.45, 7) is 7.85. The third-order valence-corrected chi connectivity index (χ3v) is 6.09. The molecule has 0 radical (unpaired) electrons. The first-order chi connectivity index (χ1) is 10.1. The number of hydrogen-bond acceptors (Lipinski definition) is 4. The number of aliphatic hydroxyl groups is 1. The second-order valence-corrected chi connectivity index (χ2v) is 8.56. The first-order valence-electron chi connectivity index (χ1n) is 7.83. The molecule has 4 nitrogen and oxygen atoms in total. The Hall–Kier alpha value is -0.910. The number of aryl methyl sites for hydroxylation is 1. The van der Waals surface area contributed by atoms with E-state index in [4.69, 9.17) is 4.18 Å². The molecule has 0 amide bonds. The molecule has 0 aliphatic heterocycles. The van der Waals surface area contributed by atoms with Crippen LogP contribution in [-0.4, -0.2) is 25.2 Å². The van der Waals surface area contributed by atoms with Gasteiger partial charge in [0, 0.05) is 6.42 Å². The second-order valence-electron chi connectivity index (χ2n) is 7.02. The fourth-order valence-corrected chi connectivity index (χ4v) is 4.48. The minimum absolute atomic E-state index is 0.166. The molecule has 1 aliphatic carbocycles. The van der Waals surface area contributed by atoms with Gasteiger partial charge in [0.25, 0.3) is 10.1 Å². The molecule has 3 atom stereocenters. The minimum atomic E-state index is -3.81. The van der Waals surface area contributed by atoms with Gasteiger partial charge < -0.3 is 5.11 Å². The van der Waals surface area contributed by atoms with Crippen molar-refractivity contribution in [1.82, 2.24) is 0 Å². The van der Waals surface area contributed by atoms with Gasteiger partial charge in [0.15, 0.2) is 0 Å². The highest BCUT2D eigenvalue weighted by molar-refractivity contribution is 7.86. The zero-order valence-electron chi connectivity index (χ0n) is 13.7. The molecule has 0 aromatic heterocycles. The lowest BCUT2D eigenvalue weighted by Gasteiger charge is -2.41. The van der Waals surface area contributed by atoms with Crippen LogP contribution in [0, 0.1) is 18.8 Å².